The fourth-order valence-electron chi connectivity index (χ4n) is 2.53. The highest BCUT2D eigenvalue weighted by Gasteiger charge is 2.23. The Morgan fingerprint density at radius 1 is 1.56 bits per heavy atom. The number of nitrogens with one attached hydrogen (secondary N) is 1. The van der Waals surface area contributed by atoms with Gasteiger partial charge in [-0.25, -0.2) is 4.98 Å². The highest BCUT2D eigenvalue weighted by Crippen LogP contribution is 2.42. The number of fused-ring (bicyclic) bond motifs is 3. The number of nitrogen functional groups attached to an aromatic ring is 1. The summed E-state index contributed by atoms with van der Waals surface area (Å²) in [5.41, 5.74) is 7.44. The van der Waals surface area contributed by atoms with E-state index in [9.17, 15) is 0 Å². The molecule has 0 amide bonds. The van der Waals surface area contributed by atoms with Gasteiger partial charge in [0, 0.05) is 4.88 Å². The molecule has 5 heteroatoms. The highest BCUT2D eigenvalue weighted by molar-refractivity contribution is 7.71. The molecule has 2 aromatic heterocycles. The van der Waals surface area contributed by atoms with E-state index in [1.54, 1.807) is 11.3 Å². The van der Waals surface area contributed by atoms with E-state index in [2.05, 4.69) is 16.9 Å². The van der Waals surface area contributed by atoms with Gasteiger partial charge in [-0.15, -0.1) is 11.3 Å². The molecule has 1 atom stereocenters. The number of nitrogens with zero attached hydrogens (tertiary/aromatic N) is 1. The maximum absolute atomic E-state index is 6.03. The van der Waals surface area contributed by atoms with Crippen LogP contribution in [0, 0.1) is 4.77 Å². The van der Waals surface area contributed by atoms with Crippen molar-refractivity contribution in [2.24, 2.45) is 0 Å². The Balaban J connectivity index is 2.42. The number of hydrogen-bond donors (Lipinski definition) is 2. The molecule has 3 nitrogen and oxygen atoms in total. The molecule has 0 bridgehead atoms. The lowest BCUT2D eigenvalue weighted by Crippen LogP contribution is -2.05. The Hall–Kier alpha value is -0.940. The van der Waals surface area contributed by atoms with Crippen molar-refractivity contribution in [3.63, 3.8) is 0 Å². The van der Waals surface area contributed by atoms with Gasteiger partial charge in [0.2, 0.25) is 0 Å². The van der Waals surface area contributed by atoms with E-state index in [0.717, 1.165) is 16.6 Å². The first kappa shape index (κ1) is 10.2. The van der Waals surface area contributed by atoms with Gasteiger partial charge in [0.05, 0.1) is 5.39 Å². The zero-order valence-electron chi connectivity index (χ0n) is 9.04. The fraction of sp³-hybridized carbons (Fsp3) is 0.455. The Kier molecular flexibility index (Phi) is 2.26. The number of nitrogens with two attached hydrogens (primary N) is 1. The van der Waals surface area contributed by atoms with Crippen LogP contribution in [-0.2, 0) is 6.42 Å². The van der Waals surface area contributed by atoms with E-state index in [0.29, 0.717) is 16.5 Å². The van der Waals surface area contributed by atoms with Crippen LogP contribution >= 0.6 is 23.6 Å². The number of hydrogen-bond acceptors (Lipinski definition) is 4. The van der Waals surface area contributed by atoms with Gasteiger partial charge in [-0.3, -0.25) is 0 Å². The third-order valence-electron chi connectivity index (χ3n) is 3.25. The van der Waals surface area contributed by atoms with Crippen LogP contribution in [0.25, 0.3) is 10.2 Å². The summed E-state index contributed by atoms with van der Waals surface area (Å²) in [5.74, 6) is 1.27. The molecule has 0 aromatic carbocycles. The summed E-state index contributed by atoms with van der Waals surface area (Å²) in [7, 11) is 0. The van der Waals surface area contributed by atoms with Gasteiger partial charge in [-0.1, -0.05) is 6.92 Å². The van der Waals surface area contributed by atoms with Crippen LogP contribution in [0.3, 0.4) is 0 Å². The van der Waals surface area contributed by atoms with E-state index in [-0.39, 0.29) is 0 Å². The van der Waals surface area contributed by atoms with Crippen LogP contribution in [0.1, 0.15) is 36.1 Å². The minimum Gasteiger partial charge on any atom is -0.385 e. The summed E-state index contributed by atoms with van der Waals surface area (Å²) in [6, 6.07) is 0. The zero-order chi connectivity index (χ0) is 11.3. The Labute approximate surface area is 103 Å². The van der Waals surface area contributed by atoms with Gasteiger partial charge >= 0.3 is 0 Å². The van der Waals surface area contributed by atoms with Crippen LogP contribution in [-0.4, -0.2) is 9.97 Å². The molecule has 84 valence electrons. The number of H-pyrrole nitrogens is 1. The van der Waals surface area contributed by atoms with Gasteiger partial charge in [0.1, 0.15) is 10.6 Å². The largest absolute Gasteiger partial charge is 0.385 e. The van der Waals surface area contributed by atoms with Crippen LogP contribution in [0.2, 0.25) is 0 Å². The van der Waals surface area contributed by atoms with Crippen LogP contribution in [0.15, 0.2) is 0 Å². The molecule has 3 N–H and O–H groups in total. The Bertz CT molecular complexity index is 611. The van der Waals surface area contributed by atoms with Gasteiger partial charge in [0.25, 0.3) is 0 Å². The number of anilines is 1. The summed E-state index contributed by atoms with van der Waals surface area (Å²) in [6.07, 6.45) is 3.67. The number of aromatic amines is 1. The van der Waals surface area contributed by atoms with Gasteiger partial charge < -0.3 is 10.7 Å². The molecule has 0 fully saturated rings. The second-order valence-corrected chi connectivity index (χ2v) is 5.84. The second kappa shape index (κ2) is 3.53. The minimum absolute atomic E-state index is 0.483. The van der Waals surface area contributed by atoms with Crippen molar-refractivity contribution in [3.8, 4) is 0 Å². The molecule has 3 rings (SSSR count). The highest BCUT2D eigenvalue weighted by atomic mass is 32.1. The van der Waals surface area contributed by atoms with Crippen LogP contribution < -0.4 is 5.73 Å². The molecule has 1 aliphatic carbocycles. The first-order valence-electron chi connectivity index (χ1n) is 5.48. The molecular formula is C11H13N3S2. The summed E-state index contributed by atoms with van der Waals surface area (Å²) >= 11 is 6.81. The SMILES string of the molecule is C[C@H]1CCCc2sc3nc(=S)[nH]c(N)c3c21. The lowest BCUT2D eigenvalue weighted by molar-refractivity contribution is 0.602. The molecule has 0 radical (unpaired) electrons. The first-order valence-corrected chi connectivity index (χ1v) is 6.70. The molecule has 0 spiro atoms. The number of aromatic nitrogens is 2. The zero-order valence-corrected chi connectivity index (χ0v) is 10.7. The van der Waals surface area contributed by atoms with Crippen LogP contribution in [0.5, 0.6) is 0 Å². The lowest BCUT2D eigenvalue weighted by atomic mass is 9.87. The summed E-state index contributed by atoms with van der Waals surface area (Å²) in [5, 5.41) is 1.11. The van der Waals surface area contributed by atoms with Gasteiger partial charge in [0.15, 0.2) is 4.77 Å². The summed E-state index contributed by atoms with van der Waals surface area (Å²) < 4.78 is 0.483. The molecule has 2 aromatic rings. The molecule has 0 saturated carbocycles. The maximum Gasteiger partial charge on any atom is 0.199 e. The first-order chi connectivity index (χ1) is 7.66. The van der Waals surface area contributed by atoms with Gasteiger partial charge in [-0.2, -0.15) is 0 Å². The topological polar surface area (TPSA) is 54.7 Å². The standard InChI is InChI=1S/C11H13N3S2/c1-5-3-2-4-6-7(5)8-9(12)13-11(15)14-10(8)16-6/h5H,2-4H2,1H3,(H3,12,13,14,15)/t5-/m0/s1. The van der Waals surface area contributed by atoms with E-state index >= 15 is 0 Å². The van der Waals surface area contributed by atoms with Crippen molar-refractivity contribution in [3.05, 3.63) is 15.2 Å². The predicted octanol–water partition coefficient (Wildman–Crippen LogP) is 3.38. The molecule has 0 unspecified atom stereocenters. The normalized spacial score (nSPS) is 19.9. The molecule has 1 aliphatic rings. The van der Waals surface area contributed by atoms with Crippen molar-refractivity contribution in [1.82, 2.24) is 9.97 Å². The van der Waals surface area contributed by atoms with Gasteiger partial charge in [-0.05, 0) is 43.0 Å². The van der Waals surface area contributed by atoms with Crippen LogP contribution in [0.4, 0.5) is 5.82 Å². The number of aryl methyl sites for hydroxylation is 1. The Morgan fingerprint density at radius 2 is 2.38 bits per heavy atom. The molecule has 16 heavy (non-hydrogen) atoms. The second-order valence-electron chi connectivity index (χ2n) is 4.37. The molecule has 2 heterocycles. The summed E-state index contributed by atoms with van der Waals surface area (Å²) in [4.78, 5) is 9.78. The van der Waals surface area contributed by atoms with E-state index < -0.39 is 0 Å². The summed E-state index contributed by atoms with van der Waals surface area (Å²) in [6.45, 7) is 2.27. The monoisotopic (exact) mass is 251 g/mol. The quantitative estimate of drug-likeness (QED) is 0.706. The van der Waals surface area contributed by atoms with Crippen molar-refractivity contribution in [1.29, 1.82) is 0 Å². The fourth-order valence-corrected chi connectivity index (χ4v) is 4.15. The molecular weight excluding hydrogens is 238 g/mol. The van der Waals surface area contributed by atoms with E-state index in [4.69, 9.17) is 18.0 Å². The van der Waals surface area contributed by atoms with E-state index in [1.807, 2.05) is 0 Å². The van der Waals surface area contributed by atoms with Crippen molar-refractivity contribution < 1.29 is 0 Å². The average molecular weight is 251 g/mol. The number of rotatable bonds is 0. The van der Waals surface area contributed by atoms with Crippen molar-refractivity contribution in [2.45, 2.75) is 32.1 Å². The smallest absolute Gasteiger partial charge is 0.199 e. The predicted molar refractivity (Wildman–Crippen MR) is 70.6 cm³/mol. The van der Waals surface area contributed by atoms with Crippen molar-refractivity contribution in [2.75, 3.05) is 5.73 Å². The average Bonchev–Trinajstić information content (AvgIpc) is 2.56. The Morgan fingerprint density at radius 3 is 3.19 bits per heavy atom. The molecule has 0 saturated heterocycles. The van der Waals surface area contributed by atoms with Crippen molar-refractivity contribution >= 4 is 39.6 Å². The van der Waals surface area contributed by atoms with E-state index in [1.165, 1.54) is 23.3 Å². The third-order valence-corrected chi connectivity index (χ3v) is 4.60. The lowest BCUT2D eigenvalue weighted by Gasteiger charge is -2.18. The number of thiophene rings is 1. The third kappa shape index (κ3) is 1.38. The maximum atomic E-state index is 6.03. The minimum atomic E-state index is 0.483. The molecule has 0 aliphatic heterocycles.